The lowest BCUT2D eigenvalue weighted by Gasteiger charge is -2.38. The Morgan fingerprint density at radius 3 is 1.66 bits per heavy atom. The molecule has 2 aliphatic rings. The second kappa shape index (κ2) is 25.1. The summed E-state index contributed by atoms with van der Waals surface area (Å²) >= 11 is 0. The topological polar surface area (TPSA) is 278 Å². The number of aromatic hydroxyl groups is 1. The number of nitrogens with two attached hydrogens (primary N) is 1. The lowest BCUT2D eigenvalue weighted by molar-refractivity contribution is -0.0248. The van der Waals surface area contributed by atoms with Gasteiger partial charge in [0, 0.05) is 63.3 Å². The van der Waals surface area contributed by atoms with Crippen molar-refractivity contribution in [1.29, 1.82) is 0 Å². The van der Waals surface area contributed by atoms with Gasteiger partial charge in [-0.15, -0.1) is 0 Å². The number of phenols is 1. The quantitative estimate of drug-likeness (QED) is 0.0616. The standard InChI is InChI=1S/C52H80N6O15/c1-49(2,3)70-45(64)54-21-15-24-56(46(65)71-50(4,5)6)22-13-14-23-57(47(66)72-51(7,8)9)25-16-26-58(48(67)73-52(10,11)12)30-32-17-19-33(20-18-32)44(63)55-36-29-38(60)37(59)27-34(36)35-28-39-42(69-31-68-39)41(61)40(35)43(53)62/h17-20,28,34,36-38,59-61H,13-16,21-27,29-31H2,1-12H3,(H2,53,62)(H,54,64)(H,55,63)/t34?,36?,37-,38+/m0/s1. The molecule has 2 aromatic rings. The minimum atomic E-state index is -1.20. The van der Waals surface area contributed by atoms with Gasteiger partial charge in [0.2, 0.25) is 12.5 Å². The zero-order valence-electron chi connectivity index (χ0n) is 44.8. The van der Waals surface area contributed by atoms with E-state index in [0.717, 1.165) is 0 Å². The second-order valence-electron chi connectivity index (χ2n) is 22.5. The highest BCUT2D eigenvalue weighted by molar-refractivity contribution is 5.99. The van der Waals surface area contributed by atoms with E-state index < -0.39 is 88.5 Å². The number of carbonyl (C=O) groups excluding carboxylic acids is 6. The number of unbranched alkanes of at least 4 members (excludes halogenated alkanes) is 1. The summed E-state index contributed by atoms with van der Waals surface area (Å²) in [5, 5.41) is 37.9. The Morgan fingerprint density at radius 1 is 0.658 bits per heavy atom. The summed E-state index contributed by atoms with van der Waals surface area (Å²) in [6, 6.07) is 7.21. The molecule has 7 N–H and O–H groups in total. The fraction of sp³-hybridized carbons (Fsp3) is 0.654. The molecule has 1 saturated carbocycles. The number of ether oxygens (including phenoxy) is 6. The molecule has 0 radical (unpaired) electrons. The van der Waals surface area contributed by atoms with Crippen molar-refractivity contribution in [3.8, 4) is 17.2 Å². The third-order valence-electron chi connectivity index (χ3n) is 11.3. The van der Waals surface area contributed by atoms with E-state index in [1.807, 2.05) is 0 Å². The third-order valence-corrected chi connectivity index (χ3v) is 11.3. The molecule has 0 spiro atoms. The van der Waals surface area contributed by atoms with Crippen LogP contribution in [0.1, 0.15) is 159 Å². The summed E-state index contributed by atoms with van der Waals surface area (Å²) in [5.74, 6) is -2.65. The Bertz CT molecular complexity index is 2230. The van der Waals surface area contributed by atoms with Gasteiger partial charge in [-0.3, -0.25) is 9.59 Å². The van der Waals surface area contributed by atoms with Crippen LogP contribution in [0.2, 0.25) is 0 Å². The first kappa shape index (κ1) is 59.3. The van der Waals surface area contributed by atoms with Crippen LogP contribution in [0.25, 0.3) is 0 Å². The Labute approximate surface area is 429 Å². The van der Waals surface area contributed by atoms with Crippen molar-refractivity contribution in [2.24, 2.45) is 5.73 Å². The van der Waals surface area contributed by atoms with Crippen LogP contribution in [0, 0.1) is 0 Å². The van der Waals surface area contributed by atoms with E-state index in [1.165, 1.54) is 11.0 Å². The molecule has 21 heteroatoms. The van der Waals surface area contributed by atoms with Crippen LogP contribution in [-0.4, -0.2) is 153 Å². The number of aliphatic hydroxyl groups is 2. The minimum Gasteiger partial charge on any atom is -0.504 e. The summed E-state index contributed by atoms with van der Waals surface area (Å²) in [4.78, 5) is 83.7. The van der Waals surface area contributed by atoms with Crippen molar-refractivity contribution < 1.29 is 72.5 Å². The van der Waals surface area contributed by atoms with E-state index in [0.29, 0.717) is 50.9 Å². The van der Waals surface area contributed by atoms with E-state index in [4.69, 9.17) is 34.2 Å². The van der Waals surface area contributed by atoms with Crippen LogP contribution < -0.4 is 25.8 Å². The van der Waals surface area contributed by atoms with E-state index in [2.05, 4.69) is 10.6 Å². The highest BCUT2D eigenvalue weighted by atomic mass is 16.7. The third kappa shape index (κ3) is 19.3. The van der Waals surface area contributed by atoms with Gasteiger partial charge in [0.15, 0.2) is 11.5 Å². The van der Waals surface area contributed by atoms with Crippen molar-refractivity contribution in [3.05, 3.63) is 52.6 Å². The van der Waals surface area contributed by atoms with Gasteiger partial charge in [0.05, 0.1) is 17.8 Å². The molecule has 1 aliphatic heterocycles. The molecular formula is C52H80N6O15. The molecule has 21 nitrogen and oxygen atoms in total. The lowest BCUT2D eigenvalue weighted by Crippen LogP contribution is -2.49. The van der Waals surface area contributed by atoms with Crippen molar-refractivity contribution in [1.82, 2.24) is 25.3 Å². The Kier molecular flexibility index (Phi) is 20.4. The Hall–Kier alpha value is -6.22. The molecule has 6 amide bonds. The zero-order chi connectivity index (χ0) is 54.6. The average Bonchev–Trinajstić information content (AvgIpc) is 3.73. The molecule has 1 aliphatic carbocycles. The van der Waals surface area contributed by atoms with Gasteiger partial charge in [-0.25, -0.2) is 19.2 Å². The molecule has 4 atom stereocenters. The number of rotatable bonds is 19. The molecule has 2 unspecified atom stereocenters. The maximum Gasteiger partial charge on any atom is 0.410 e. The van der Waals surface area contributed by atoms with Crippen molar-refractivity contribution >= 4 is 36.2 Å². The molecule has 408 valence electrons. The smallest absolute Gasteiger partial charge is 0.410 e. The first-order chi connectivity index (χ1) is 33.8. The number of amides is 6. The maximum absolute atomic E-state index is 13.8. The SMILES string of the molecule is CC(C)(C)OC(=O)NCCCN(CCCCN(CCCN(Cc1ccc(C(=O)NC2C[C@@H](O)[C@@H](O)CC2c2cc3c(c(O)c2C(N)=O)OCO3)cc1)C(=O)OC(C)(C)C)C(=O)OC(C)(C)C)C(=O)OC(C)(C)C. The summed E-state index contributed by atoms with van der Waals surface area (Å²) < 4.78 is 33.3. The molecular weight excluding hydrogens is 949 g/mol. The van der Waals surface area contributed by atoms with Crippen LogP contribution in [-0.2, 0) is 25.5 Å². The number of benzene rings is 2. The van der Waals surface area contributed by atoms with Gasteiger partial charge in [-0.05, 0) is 151 Å². The molecule has 2 aromatic carbocycles. The Balaban J connectivity index is 1.44. The molecule has 0 saturated heterocycles. The predicted molar refractivity (Wildman–Crippen MR) is 269 cm³/mol. The summed E-state index contributed by atoms with van der Waals surface area (Å²) in [6.45, 7) is 22.8. The first-order valence-corrected chi connectivity index (χ1v) is 24.9. The number of primary amides is 1. The van der Waals surface area contributed by atoms with Gasteiger partial charge in [-0.1, -0.05) is 12.1 Å². The average molecular weight is 1030 g/mol. The summed E-state index contributed by atoms with van der Waals surface area (Å²) in [5.41, 5.74) is 3.60. The fourth-order valence-corrected chi connectivity index (χ4v) is 8.13. The van der Waals surface area contributed by atoms with Gasteiger partial charge < -0.3 is 74.8 Å². The Morgan fingerprint density at radius 2 is 1.14 bits per heavy atom. The molecule has 0 aromatic heterocycles. The number of fused-ring (bicyclic) bond motifs is 1. The van der Waals surface area contributed by atoms with E-state index in [9.17, 15) is 44.1 Å². The number of hydrogen-bond acceptors (Lipinski definition) is 15. The normalized spacial score (nSPS) is 17.7. The van der Waals surface area contributed by atoms with E-state index in [1.54, 1.807) is 117 Å². The zero-order valence-corrected chi connectivity index (χ0v) is 44.8. The van der Waals surface area contributed by atoms with Crippen molar-refractivity contribution in [2.45, 2.75) is 175 Å². The lowest BCUT2D eigenvalue weighted by atomic mass is 9.75. The first-order valence-electron chi connectivity index (χ1n) is 24.9. The van der Waals surface area contributed by atoms with Gasteiger partial charge >= 0.3 is 24.4 Å². The molecule has 0 bridgehead atoms. The van der Waals surface area contributed by atoms with Crippen LogP contribution in [0.3, 0.4) is 0 Å². The van der Waals surface area contributed by atoms with E-state index in [-0.39, 0.29) is 74.0 Å². The van der Waals surface area contributed by atoms with E-state index >= 15 is 0 Å². The van der Waals surface area contributed by atoms with Gasteiger partial charge in [-0.2, -0.15) is 0 Å². The second-order valence-corrected chi connectivity index (χ2v) is 22.5. The maximum atomic E-state index is 13.8. The summed E-state index contributed by atoms with van der Waals surface area (Å²) in [6.07, 6.45) is -2.90. The number of alkyl carbamates (subject to hydrolysis) is 1. The molecule has 73 heavy (non-hydrogen) atoms. The number of nitrogens with one attached hydrogen (secondary N) is 2. The van der Waals surface area contributed by atoms with Crippen molar-refractivity contribution in [3.63, 3.8) is 0 Å². The monoisotopic (exact) mass is 1030 g/mol. The number of nitrogens with zero attached hydrogens (tertiary/aromatic N) is 3. The molecule has 4 rings (SSSR count). The van der Waals surface area contributed by atoms with Crippen molar-refractivity contribution in [2.75, 3.05) is 46.1 Å². The minimum absolute atomic E-state index is 0.0448. The van der Waals surface area contributed by atoms with Crippen LogP contribution in [0.4, 0.5) is 19.2 Å². The van der Waals surface area contributed by atoms with Gasteiger partial charge in [0.1, 0.15) is 22.4 Å². The van der Waals surface area contributed by atoms with Crippen LogP contribution >= 0.6 is 0 Å². The van der Waals surface area contributed by atoms with Gasteiger partial charge in [0.25, 0.3) is 11.8 Å². The molecule has 1 fully saturated rings. The molecule has 1 heterocycles. The van der Waals surface area contributed by atoms with Crippen LogP contribution in [0.5, 0.6) is 17.2 Å². The fourth-order valence-electron chi connectivity index (χ4n) is 8.13. The number of hydrogen-bond donors (Lipinski definition) is 6. The van der Waals surface area contributed by atoms with Crippen LogP contribution in [0.15, 0.2) is 30.3 Å². The highest BCUT2D eigenvalue weighted by Crippen LogP contribution is 2.48. The largest absolute Gasteiger partial charge is 0.504 e. The highest BCUT2D eigenvalue weighted by Gasteiger charge is 2.41. The number of aliphatic hydroxyl groups excluding tert-OH is 2. The number of carbonyl (C=O) groups is 6. The predicted octanol–water partition coefficient (Wildman–Crippen LogP) is 6.91. The summed E-state index contributed by atoms with van der Waals surface area (Å²) in [7, 11) is 0.